The fraction of sp³-hybridized carbons (Fsp3) is 0.474. The van der Waals surface area contributed by atoms with Crippen molar-refractivity contribution in [2.24, 2.45) is 13.0 Å². The van der Waals surface area contributed by atoms with Crippen LogP contribution in [0.3, 0.4) is 0 Å². The Morgan fingerprint density at radius 1 is 1.24 bits per heavy atom. The quantitative estimate of drug-likeness (QED) is 0.833. The SMILES string of the molecule is CN(C)c1ccccc1OCC1CCN(c2nccn(C)c2=O)CC1. The number of anilines is 2. The summed E-state index contributed by atoms with van der Waals surface area (Å²) in [6.45, 7) is 2.39. The Labute approximate surface area is 148 Å². The fourth-order valence-electron chi connectivity index (χ4n) is 3.17. The molecule has 0 aliphatic carbocycles. The molecule has 0 bridgehead atoms. The summed E-state index contributed by atoms with van der Waals surface area (Å²) >= 11 is 0. The Balaban J connectivity index is 1.57. The highest BCUT2D eigenvalue weighted by Gasteiger charge is 2.23. The van der Waals surface area contributed by atoms with E-state index in [2.05, 4.69) is 20.9 Å². The Morgan fingerprint density at radius 2 is 1.96 bits per heavy atom. The summed E-state index contributed by atoms with van der Waals surface area (Å²) in [5, 5.41) is 0. The van der Waals surface area contributed by atoms with E-state index in [4.69, 9.17) is 4.74 Å². The molecule has 1 saturated heterocycles. The van der Waals surface area contributed by atoms with Gasteiger partial charge in [0, 0.05) is 46.6 Å². The second-order valence-electron chi connectivity index (χ2n) is 6.77. The molecule has 1 fully saturated rings. The molecule has 6 nitrogen and oxygen atoms in total. The molecule has 25 heavy (non-hydrogen) atoms. The highest BCUT2D eigenvalue weighted by molar-refractivity contribution is 5.57. The van der Waals surface area contributed by atoms with Crippen LogP contribution in [0.25, 0.3) is 0 Å². The summed E-state index contributed by atoms with van der Waals surface area (Å²) in [7, 11) is 5.80. The molecule has 0 atom stereocenters. The molecular formula is C19H26N4O2. The van der Waals surface area contributed by atoms with E-state index in [-0.39, 0.29) is 5.56 Å². The number of benzene rings is 1. The largest absolute Gasteiger partial charge is 0.491 e. The zero-order valence-electron chi connectivity index (χ0n) is 15.2. The van der Waals surface area contributed by atoms with Gasteiger partial charge in [0.1, 0.15) is 5.75 Å². The van der Waals surface area contributed by atoms with Crippen molar-refractivity contribution in [2.75, 3.05) is 43.6 Å². The van der Waals surface area contributed by atoms with Crippen molar-refractivity contribution in [1.82, 2.24) is 9.55 Å². The van der Waals surface area contributed by atoms with Crippen molar-refractivity contribution < 1.29 is 4.74 Å². The first-order valence-corrected chi connectivity index (χ1v) is 8.72. The van der Waals surface area contributed by atoms with Gasteiger partial charge < -0.3 is 19.1 Å². The Morgan fingerprint density at radius 3 is 2.68 bits per heavy atom. The standard InChI is InChI=1S/C19H26N4O2/c1-21(2)16-6-4-5-7-17(16)25-14-15-8-11-23(12-9-15)18-19(24)22(3)13-10-20-18/h4-7,10,13,15H,8-9,11-12,14H2,1-3H3. The van der Waals surface area contributed by atoms with E-state index in [1.807, 2.05) is 32.3 Å². The van der Waals surface area contributed by atoms with Crippen molar-refractivity contribution in [3.8, 4) is 5.75 Å². The smallest absolute Gasteiger partial charge is 0.293 e. The van der Waals surface area contributed by atoms with Gasteiger partial charge in [-0.25, -0.2) is 4.98 Å². The van der Waals surface area contributed by atoms with E-state index in [0.29, 0.717) is 18.3 Å². The van der Waals surface area contributed by atoms with Gasteiger partial charge in [0.25, 0.3) is 5.56 Å². The molecular weight excluding hydrogens is 316 g/mol. The molecule has 3 rings (SSSR count). The monoisotopic (exact) mass is 342 g/mol. The molecule has 0 unspecified atom stereocenters. The van der Waals surface area contributed by atoms with Gasteiger partial charge in [-0.2, -0.15) is 0 Å². The first-order chi connectivity index (χ1) is 12.1. The molecule has 0 radical (unpaired) electrons. The lowest BCUT2D eigenvalue weighted by atomic mass is 9.98. The maximum absolute atomic E-state index is 12.2. The number of hydrogen-bond acceptors (Lipinski definition) is 5. The highest BCUT2D eigenvalue weighted by atomic mass is 16.5. The summed E-state index contributed by atoms with van der Waals surface area (Å²) in [4.78, 5) is 20.6. The molecule has 0 N–H and O–H groups in total. The predicted molar refractivity (Wildman–Crippen MR) is 101 cm³/mol. The summed E-state index contributed by atoms with van der Waals surface area (Å²) in [6, 6.07) is 8.10. The number of hydrogen-bond donors (Lipinski definition) is 0. The number of aryl methyl sites for hydroxylation is 1. The average Bonchev–Trinajstić information content (AvgIpc) is 2.63. The van der Waals surface area contributed by atoms with E-state index < -0.39 is 0 Å². The molecule has 1 aliphatic rings. The molecule has 2 aromatic rings. The van der Waals surface area contributed by atoms with Gasteiger partial charge in [-0.1, -0.05) is 12.1 Å². The minimum atomic E-state index is -0.0305. The van der Waals surface area contributed by atoms with Crippen molar-refractivity contribution in [3.05, 3.63) is 47.0 Å². The first-order valence-electron chi connectivity index (χ1n) is 8.72. The lowest BCUT2D eigenvalue weighted by Crippen LogP contribution is -2.40. The maximum Gasteiger partial charge on any atom is 0.293 e. The molecule has 6 heteroatoms. The summed E-state index contributed by atoms with van der Waals surface area (Å²) in [5.74, 6) is 1.98. The third-order valence-electron chi connectivity index (χ3n) is 4.73. The Hall–Kier alpha value is -2.50. The molecule has 1 aromatic heterocycles. The van der Waals surface area contributed by atoms with E-state index >= 15 is 0 Å². The van der Waals surface area contributed by atoms with Crippen LogP contribution in [0.1, 0.15) is 12.8 Å². The van der Waals surface area contributed by atoms with E-state index in [9.17, 15) is 4.79 Å². The third-order valence-corrected chi connectivity index (χ3v) is 4.73. The van der Waals surface area contributed by atoms with Crippen LogP contribution in [0.15, 0.2) is 41.5 Å². The van der Waals surface area contributed by atoms with Crippen molar-refractivity contribution in [2.45, 2.75) is 12.8 Å². The van der Waals surface area contributed by atoms with Crippen molar-refractivity contribution in [1.29, 1.82) is 0 Å². The van der Waals surface area contributed by atoms with Crippen molar-refractivity contribution >= 4 is 11.5 Å². The maximum atomic E-state index is 12.2. The van der Waals surface area contributed by atoms with Gasteiger partial charge in [0.2, 0.25) is 0 Å². The number of para-hydroxylation sites is 2. The Kier molecular flexibility index (Phi) is 5.26. The van der Waals surface area contributed by atoms with E-state index in [1.165, 1.54) is 0 Å². The predicted octanol–water partition coefficient (Wildman–Crippen LogP) is 2.14. The molecule has 0 saturated carbocycles. The van der Waals surface area contributed by atoms with Crippen LogP contribution in [0.5, 0.6) is 5.75 Å². The second kappa shape index (κ2) is 7.59. The van der Waals surface area contributed by atoms with Gasteiger partial charge in [0.15, 0.2) is 5.82 Å². The van der Waals surface area contributed by atoms with Gasteiger partial charge in [-0.15, -0.1) is 0 Å². The number of rotatable bonds is 5. The molecule has 1 aromatic carbocycles. The first kappa shape index (κ1) is 17.3. The summed E-state index contributed by atoms with van der Waals surface area (Å²) in [5.41, 5.74) is 1.06. The van der Waals surface area contributed by atoms with Crippen LogP contribution >= 0.6 is 0 Å². The van der Waals surface area contributed by atoms with Crippen LogP contribution in [-0.2, 0) is 7.05 Å². The van der Waals surface area contributed by atoms with Gasteiger partial charge >= 0.3 is 0 Å². The van der Waals surface area contributed by atoms with E-state index in [0.717, 1.165) is 37.4 Å². The number of piperidine rings is 1. The van der Waals surface area contributed by atoms with Gasteiger partial charge in [-0.05, 0) is 30.9 Å². The van der Waals surface area contributed by atoms with Crippen LogP contribution < -0.4 is 20.1 Å². The van der Waals surface area contributed by atoms with Crippen molar-refractivity contribution in [3.63, 3.8) is 0 Å². The van der Waals surface area contributed by atoms with Gasteiger partial charge in [-0.3, -0.25) is 4.79 Å². The molecule has 134 valence electrons. The van der Waals surface area contributed by atoms with Crippen LogP contribution in [0, 0.1) is 5.92 Å². The summed E-state index contributed by atoms with van der Waals surface area (Å²) < 4.78 is 7.66. The second-order valence-corrected chi connectivity index (χ2v) is 6.77. The Bertz CT molecular complexity index is 764. The van der Waals surface area contributed by atoms with Crippen LogP contribution in [0.2, 0.25) is 0 Å². The zero-order chi connectivity index (χ0) is 17.8. The fourth-order valence-corrected chi connectivity index (χ4v) is 3.17. The van der Waals surface area contributed by atoms with Gasteiger partial charge in [0.05, 0.1) is 12.3 Å². The number of nitrogens with zero attached hydrogens (tertiary/aromatic N) is 4. The average molecular weight is 342 g/mol. The van der Waals surface area contributed by atoms with Crippen LogP contribution in [0.4, 0.5) is 11.5 Å². The summed E-state index contributed by atoms with van der Waals surface area (Å²) in [6.07, 6.45) is 5.38. The molecule has 0 spiro atoms. The van der Waals surface area contributed by atoms with Crippen LogP contribution in [-0.4, -0.2) is 43.3 Å². The lowest BCUT2D eigenvalue weighted by Gasteiger charge is -2.32. The number of ether oxygens (including phenoxy) is 1. The highest BCUT2D eigenvalue weighted by Crippen LogP contribution is 2.28. The minimum absolute atomic E-state index is 0.0305. The molecule has 0 amide bonds. The topological polar surface area (TPSA) is 50.6 Å². The lowest BCUT2D eigenvalue weighted by molar-refractivity contribution is 0.223. The minimum Gasteiger partial charge on any atom is -0.491 e. The normalized spacial score (nSPS) is 15.2. The van der Waals surface area contributed by atoms with E-state index in [1.54, 1.807) is 24.0 Å². The number of aromatic nitrogens is 2. The molecule has 2 heterocycles. The molecule has 1 aliphatic heterocycles. The zero-order valence-corrected chi connectivity index (χ0v) is 15.2. The third kappa shape index (κ3) is 3.95.